The molecular formula is C21H20N2O4. The van der Waals surface area contributed by atoms with Crippen LogP contribution in [0.4, 0.5) is 5.69 Å². The summed E-state index contributed by atoms with van der Waals surface area (Å²) in [5, 5.41) is 6.98. The van der Waals surface area contributed by atoms with Gasteiger partial charge < -0.3 is 19.3 Å². The van der Waals surface area contributed by atoms with E-state index in [0.29, 0.717) is 30.4 Å². The molecule has 0 spiro atoms. The Kier molecular flexibility index (Phi) is 4.54. The second-order valence-corrected chi connectivity index (χ2v) is 6.53. The number of nitrogens with zero attached hydrogens (tertiary/aromatic N) is 1. The van der Waals surface area contributed by atoms with Crippen molar-refractivity contribution >= 4 is 11.6 Å². The van der Waals surface area contributed by atoms with E-state index in [-0.39, 0.29) is 12.3 Å². The number of hydrogen-bond donors (Lipinski definition) is 1. The van der Waals surface area contributed by atoms with Crippen molar-refractivity contribution in [2.24, 2.45) is 0 Å². The van der Waals surface area contributed by atoms with Crippen LogP contribution in [0.15, 0.2) is 47.0 Å². The quantitative estimate of drug-likeness (QED) is 0.760. The first-order valence-electron chi connectivity index (χ1n) is 8.82. The smallest absolute Gasteiger partial charge is 0.230 e. The fraction of sp³-hybridized carbons (Fsp3) is 0.238. The van der Waals surface area contributed by atoms with Crippen molar-refractivity contribution in [2.75, 3.05) is 18.5 Å². The van der Waals surface area contributed by atoms with Gasteiger partial charge in [0, 0.05) is 17.3 Å². The molecule has 1 N–H and O–H groups in total. The number of ether oxygens (including phenoxy) is 2. The first-order valence-corrected chi connectivity index (χ1v) is 8.82. The standard InChI is InChI=1S/C21H20N2O4/c1-13-4-3-5-14(2)21(13)22-20(24)12-16-11-18(27-23-16)15-6-7-17-19(10-15)26-9-8-25-17/h3-7,10-11H,8-9,12H2,1-2H3,(H,22,24). The number of rotatable bonds is 4. The molecule has 0 atom stereocenters. The predicted molar refractivity (Wildman–Crippen MR) is 101 cm³/mol. The van der Waals surface area contributed by atoms with Crippen molar-refractivity contribution in [1.82, 2.24) is 5.16 Å². The lowest BCUT2D eigenvalue weighted by Gasteiger charge is -2.18. The normalized spacial score (nSPS) is 12.7. The highest BCUT2D eigenvalue weighted by molar-refractivity contribution is 5.93. The van der Waals surface area contributed by atoms with Gasteiger partial charge in [0.2, 0.25) is 5.91 Å². The van der Waals surface area contributed by atoms with Crippen LogP contribution in [0.2, 0.25) is 0 Å². The molecule has 0 bridgehead atoms. The number of aromatic nitrogens is 1. The van der Waals surface area contributed by atoms with Gasteiger partial charge in [0.25, 0.3) is 0 Å². The Morgan fingerprint density at radius 3 is 2.56 bits per heavy atom. The van der Waals surface area contributed by atoms with Gasteiger partial charge in [0.15, 0.2) is 17.3 Å². The number of anilines is 1. The molecule has 27 heavy (non-hydrogen) atoms. The van der Waals surface area contributed by atoms with E-state index in [9.17, 15) is 4.79 Å². The number of amides is 1. The Labute approximate surface area is 157 Å². The van der Waals surface area contributed by atoms with Crippen LogP contribution in [-0.2, 0) is 11.2 Å². The molecule has 0 saturated heterocycles. The lowest BCUT2D eigenvalue weighted by atomic mass is 10.1. The van der Waals surface area contributed by atoms with Crippen LogP contribution >= 0.6 is 0 Å². The summed E-state index contributed by atoms with van der Waals surface area (Å²) in [5.41, 5.74) is 4.30. The van der Waals surface area contributed by atoms with Gasteiger partial charge in [-0.1, -0.05) is 23.4 Å². The van der Waals surface area contributed by atoms with E-state index in [1.807, 2.05) is 50.2 Å². The summed E-state index contributed by atoms with van der Waals surface area (Å²) in [6.07, 6.45) is 0.141. The fourth-order valence-electron chi connectivity index (χ4n) is 3.09. The van der Waals surface area contributed by atoms with Gasteiger partial charge >= 0.3 is 0 Å². The van der Waals surface area contributed by atoms with E-state index in [0.717, 1.165) is 28.1 Å². The van der Waals surface area contributed by atoms with Gasteiger partial charge in [-0.2, -0.15) is 0 Å². The molecule has 1 aliphatic rings. The Balaban J connectivity index is 1.47. The van der Waals surface area contributed by atoms with E-state index in [4.69, 9.17) is 14.0 Å². The number of hydrogen-bond acceptors (Lipinski definition) is 5. The molecule has 1 aromatic heterocycles. The van der Waals surface area contributed by atoms with Gasteiger partial charge in [-0.3, -0.25) is 4.79 Å². The monoisotopic (exact) mass is 364 g/mol. The summed E-state index contributed by atoms with van der Waals surface area (Å²) in [7, 11) is 0. The Bertz CT molecular complexity index is 973. The molecule has 0 saturated carbocycles. The van der Waals surface area contributed by atoms with Crippen LogP contribution in [0.1, 0.15) is 16.8 Å². The van der Waals surface area contributed by atoms with Crippen molar-refractivity contribution < 1.29 is 18.8 Å². The number of para-hydroxylation sites is 1. The summed E-state index contributed by atoms with van der Waals surface area (Å²) in [6.45, 7) is 5.02. The third kappa shape index (κ3) is 3.65. The average molecular weight is 364 g/mol. The van der Waals surface area contributed by atoms with Crippen LogP contribution in [-0.4, -0.2) is 24.3 Å². The minimum absolute atomic E-state index is 0.130. The third-order valence-electron chi connectivity index (χ3n) is 4.47. The van der Waals surface area contributed by atoms with Gasteiger partial charge in [0.05, 0.1) is 12.1 Å². The summed E-state index contributed by atoms with van der Waals surface area (Å²) >= 11 is 0. The van der Waals surface area contributed by atoms with E-state index in [2.05, 4.69) is 10.5 Å². The lowest BCUT2D eigenvalue weighted by Crippen LogP contribution is -2.16. The van der Waals surface area contributed by atoms with Crippen molar-refractivity contribution in [1.29, 1.82) is 0 Å². The van der Waals surface area contributed by atoms with Crippen LogP contribution < -0.4 is 14.8 Å². The van der Waals surface area contributed by atoms with Crippen molar-refractivity contribution in [3.05, 3.63) is 59.3 Å². The zero-order valence-electron chi connectivity index (χ0n) is 15.2. The van der Waals surface area contributed by atoms with E-state index < -0.39 is 0 Å². The minimum Gasteiger partial charge on any atom is -0.486 e. The van der Waals surface area contributed by atoms with Crippen LogP contribution in [0.3, 0.4) is 0 Å². The molecule has 1 amide bonds. The number of aryl methyl sites for hydroxylation is 2. The molecule has 3 aromatic rings. The van der Waals surface area contributed by atoms with Crippen LogP contribution in [0, 0.1) is 13.8 Å². The molecule has 0 aliphatic carbocycles. The molecule has 6 heteroatoms. The summed E-state index contributed by atoms with van der Waals surface area (Å²) in [5.74, 6) is 1.86. The van der Waals surface area contributed by atoms with Crippen LogP contribution in [0.25, 0.3) is 11.3 Å². The molecule has 6 nitrogen and oxygen atoms in total. The number of carbonyl (C=O) groups is 1. The molecule has 2 aromatic carbocycles. The maximum absolute atomic E-state index is 12.4. The zero-order valence-corrected chi connectivity index (χ0v) is 15.2. The van der Waals surface area contributed by atoms with E-state index in [1.54, 1.807) is 6.07 Å². The molecule has 0 unspecified atom stereocenters. The molecule has 1 aliphatic heterocycles. The summed E-state index contributed by atoms with van der Waals surface area (Å²) in [6, 6.07) is 13.3. The molecule has 2 heterocycles. The SMILES string of the molecule is Cc1cccc(C)c1NC(=O)Cc1cc(-c2ccc3c(c2)OCCO3)on1. The number of fused-ring (bicyclic) bond motifs is 1. The molecule has 0 radical (unpaired) electrons. The van der Waals surface area contributed by atoms with Gasteiger partial charge in [-0.05, 0) is 43.2 Å². The molecule has 4 rings (SSSR count). The highest BCUT2D eigenvalue weighted by Crippen LogP contribution is 2.34. The Morgan fingerprint density at radius 1 is 1.04 bits per heavy atom. The maximum atomic E-state index is 12.4. The molecule has 138 valence electrons. The first-order chi connectivity index (χ1) is 13.1. The average Bonchev–Trinajstić information content (AvgIpc) is 3.13. The number of nitrogens with one attached hydrogen (secondary N) is 1. The molecular weight excluding hydrogens is 344 g/mol. The highest BCUT2D eigenvalue weighted by atomic mass is 16.6. The first kappa shape index (κ1) is 17.1. The number of carbonyl (C=O) groups excluding carboxylic acids is 1. The van der Waals surface area contributed by atoms with Gasteiger partial charge in [-0.25, -0.2) is 0 Å². The number of benzene rings is 2. The second-order valence-electron chi connectivity index (χ2n) is 6.53. The van der Waals surface area contributed by atoms with E-state index in [1.165, 1.54) is 0 Å². The van der Waals surface area contributed by atoms with Crippen molar-refractivity contribution in [3.63, 3.8) is 0 Å². The third-order valence-corrected chi connectivity index (χ3v) is 4.47. The topological polar surface area (TPSA) is 73.6 Å². The fourth-order valence-corrected chi connectivity index (χ4v) is 3.09. The van der Waals surface area contributed by atoms with Crippen molar-refractivity contribution in [3.8, 4) is 22.8 Å². The Hall–Kier alpha value is -3.28. The lowest BCUT2D eigenvalue weighted by molar-refractivity contribution is -0.115. The predicted octanol–water partition coefficient (Wildman–Crippen LogP) is 3.91. The van der Waals surface area contributed by atoms with Gasteiger partial charge in [0.1, 0.15) is 13.2 Å². The second kappa shape index (κ2) is 7.15. The van der Waals surface area contributed by atoms with Gasteiger partial charge in [-0.15, -0.1) is 0 Å². The summed E-state index contributed by atoms with van der Waals surface area (Å²) < 4.78 is 16.5. The van der Waals surface area contributed by atoms with Crippen molar-refractivity contribution in [2.45, 2.75) is 20.3 Å². The maximum Gasteiger partial charge on any atom is 0.230 e. The Morgan fingerprint density at radius 2 is 1.78 bits per heavy atom. The zero-order chi connectivity index (χ0) is 18.8. The highest BCUT2D eigenvalue weighted by Gasteiger charge is 2.16. The molecule has 0 fully saturated rings. The van der Waals surface area contributed by atoms with Crippen LogP contribution in [0.5, 0.6) is 11.5 Å². The van der Waals surface area contributed by atoms with E-state index >= 15 is 0 Å². The largest absolute Gasteiger partial charge is 0.486 e. The minimum atomic E-state index is -0.130. The summed E-state index contributed by atoms with van der Waals surface area (Å²) in [4.78, 5) is 12.4.